The Morgan fingerprint density at radius 2 is 1.73 bits per heavy atom. The normalized spacial score (nSPS) is 28.4. The van der Waals surface area contributed by atoms with Crippen LogP contribution in [0.4, 0.5) is 5.69 Å². The second kappa shape index (κ2) is 6.81. The number of anilines is 1. The van der Waals surface area contributed by atoms with Crippen LogP contribution in [0.25, 0.3) is 0 Å². The fraction of sp³-hybridized carbons (Fsp3) is 0.400. The third-order valence-corrected chi connectivity index (χ3v) is 7.04. The molecule has 3 heterocycles. The van der Waals surface area contributed by atoms with Crippen LogP contribution in [-0.2, 0) is 26.3 Å². The standard InChI is InChI=1S/C25H27N3O5/c1-12-5-7-15-14(9-12)25(23(33)26-15)20-19(21(31)28(22(20)32)24(2,3)4)16(27-25)10-13-6-8-17(29)18(30)11-13/h5-9,11,16,19-20,27,29-30H,10H2,1-4H3,(H,26,33)/t16-,19-,20+,25+/m1/s1. The van der Waals surface area contributed by atoms with Gasteiger partial charge in [0.25, 0.3) is 0 Å². The molecule has 0 radical (unpaired) electrons. The summed E-state index contributed by atoms with van der Waals surface area (Å²) in [6.45, 7) is 7.35. The Morgan fingerprint density at radius 3 is 2.39 bits per heavy atom. The van der Waals surface area contributed by atoms with Crippen LogP contribution < -0.4 is 10.6 Å². The number of likely N-dealkylation sites (tertiary alicyclic amines) is 1. The predicted molar refractivity (Wildman–Crippen MR) is 120 cm³/mol. The van der Waals surface area contributed by atoms with E-state index in [0.717, 1.165) is 5.56 Å². The van der Waals surface area contributed by atoms with E-state index in [-0.39, 0.29) is 29.2 Å². The van der Waals surface area contributed by atoms with E-state index in [4.69, 9.17) is 0 Å². The molecule has 5 rings (SSSR count). The zero-order valence-corrected chi connectivity index (χ0v) is 19.0. The van der Waals surface area contributed by atoms with Crippen LogP contribution in [0.1, 0.15) is 37.5 Å². The van der Waals surface area contributed by atoms with Crippen LogP contribution in [0.15, 0.2) is 36.4 Å². The molecule has 4 N–H and O–H groups in total. The fourth-order valence-corrected chi connectivity index (χ4v) is 5.70. The number of aromatic hydroxyl groups is 2. The summed E-state index contributed by atoms with van der Waals surface area (Å²) < 4.78 is 0. The van der Waals surface area contributed by atoms with E-state index in [2.05, 4.69) is 10.6 Å². The molecule has 3 aliphatic rings. The first-order valence-corrected chi connectivity index (χ1v) is 11.0. The molecule has 0 unspecified atom stereocenters. The Balaban J connectivity index is 1.66. The lowest BCUT2D eigenvalue weighted by Gasteiger charge is -2.34. The number of benzene rings is 2. The molecule has 4 atom stereocenters. The summed E-state index contributed by atoms with van der Waals surface area (Å²) in [7, 11) is 0. The van der Waals surface area contributed by atoms with Crippen molar-refractivity contribution in [2.75, 3.05) is 5.32 Å². The van der Waals surface area contributed by atoms with E-state index in [1.807, 2.05) is 45.9 Å². The van der Waals surface area contributed by atoms with Crippen LogP contribution in [-0.4, -0.2) is 44.4 Å². The second-order valence-electron chi connectivity index (χ2n) is 10.3. The summed E-state index contributed by atoms with van der Waals surface area (Å²) in [5.41, 5.74) is 0.841. The minimum Gasteiger partial charge on any atom is -0.504 e. The third kappa shape index (κ3) is 2.90. The van der Waals surface area contributed by atoms with Crippen molar-refractivity contribution in [1.82, 2.24) is 10.2 Å². The number of hydrogen-bond donors (Lipinski definition) is 4. The highest BCUT2D eigenvalue weighted by molar-refractivity contribution is 6.15. The van der Waals surface area contributed by atoms with Gasteiger partial charge in [-0.3, -0.25) is 24.6 Å². The highest BCUT2D eigenvalue weighted by Crippen LogP contribution is 2.54. The average Bonchev–Trinajstić information content (AvgIpc) is 3.29. The molecule has 2 saturated heterocycles. The van der Waals surface area contributed by atoms with Crippen molar-refractivity contribution in [3.8, 4) is 11.5 Å². The van der Waals surface area contributed by atoms with Crippen LogP contribution in [0, 0.1) is 18.8 Å². The lowest BCUT2D eigenvalue weighted by Crippen LogP contribution is -2.56. The van der Waals surface area contributed by atoms with Crippen molar-refractivity contribution < 1.29 is 24.6 Å². The molecule has 3 amide bonds. The maximum Gasteiger partial charge on any atom is 0.250 e. The summed E-state index contributed by atoms with van der Waals surface area (Å²) in [6, 6.07) is 9.56. The predicted octanol–water partition coefficient (Wildman–Crippen LogP) is 2.17. The minimum atomic E-state index is -1.36. The highest BCUT2D eigenvalue weighted by Gasteiger charge is 2.71. The smallest absolute Gasteiger partial charge is 0.250 e. The molecule has 0 saturated carbocycles. The summed E-state index contributed by atoms with van der Waals surface area (Å²) in [5, 5.41) is 25.9. The number of nitrogens with zero attached hydrogens (tertiary/aromatic N) is 1. The van der Waals surface area contributed by atoms with Crippen LogP contribution in [0.3, 0.4) is 0 Å². The number of carbonyl (C=O) groups excluding carboxylic acids is 3. The number of nitrogens with one attached hydrogen (secondary N) is 2. The lowest BCUT2D eigenvalue weighted by atomic mass is 9.76. The summed E-state index contributed by atoms with van der Waals surface area (Å²) in [5.74, 6) is -3.13. The monoisotopic (exact) mass is 449 g/mol. The van der Waals surface area contributed by atoms with E-state index in [0.29, 0.717) is 23.2 Å². The Labute approximate surface area is 191 Å². The zero-order valence-electron chi connectivity index (χ0n) is 19.0. The van der Waals surface area contributed by atoms with E-state index in [1.165, 1.54) is 17.0 Å². The molecule has 8 heteroatoms. The minimum absolute atomic E-state index is 0.238. The zero-order chi connectivity index (χ0) is 23.9. The number of phenols is 2. The molecular weight excluding hydrogens is 422 g/mol. The molecule has 172 valence electrons. The third-order valence-electron chi connectivity index (χ3n) is 7.04. The number of aryl methyl sites for hydroxylation is 1. The quantitative estimate of drug-likeness (QED) is 0.412. The molecule has 1 spiro atoms. The topological polar surface area (TPSA) is 119 Å². The summed E-state index contributed by atoms with van der Waals surface area (Å²) in [6.07, 6.45) is 0.294. The van der Waals surface area contributed by atoms with Gasteiger partial charge in [-0.05, 0) is 57.9 Å². The Kier molecular flexibility index (Phi) is 4.42. The summed E-state index contributed by atoms with van der Waals surface area (Å²) in [4.78, 5) is 42.2. The number of fused-ring (bicyclic) bond motifs is 4. The molecule has 2 aromatic carbocycles. The van der Waals surface area contributed by atoms with Crippen LogP contribution >= 0.6 is 0 Å². The average molecular weight is 450 g/mol. The van der Waals surface area contributed by atoms with E-state index >= 15 is 0 Å². The first kappa shape index (κ1) is 21.5. The molecule has 3 aliphatic heterocycles. The SMILES string of the molecule is Cc1ccc2c(c1)[C@@]1(N[C@H](Cc3ccc(O)c(O)c3)[C@H]3C(=O)N(C(C)(C)C)C(=O)[C@H]31)C(=O)N2. The molecule has 0 aromatic heterocycles. The largest absolute Gasteiger partial charge is 0.504 e. The number of hydrogen-bond acceptors (Lipinski definition) is 6. The van der Waals surface area contributed by atoms with Crippen LogP contribution in [0.2, 0.25) is 0 Å². The van der Waals surface area contributed by atoms with Gasteiger partial charge < -0.3 is 15.5 Å². The molecule has 33 heavy (non-hydrogen) atoms. The Hall–Kier alpha value is -3.39. The number of phenolic OH excluding ortho intramolecular Hbond substituents is 2. The summed E-state index contributed by atoms with van der Waals surface area (Å²) >= 11 is 0. The van der Waals surface area contributed by atoms with Gasteiger partial charge in [-0.15, -0.1) is 0 Å². The molecule has 2 fully saturated rings. The molecule has 0 aliphatic carbocycles. The Bertz CT molecular complexity index is 1220. The van der Waals surface area contributed by atoms with Crippen molar-refractivity contribution in [2.45, 2.75) is 51.2 Å². The molecule has 8 nitrogen and oxygen atoms in total. The maximum atomic E-state index is 13.8. The molecule has 0 bridgehead atoms. The van der Waals surface area contributed by atoms with Crippen molar-refractivity contribution in [3.63, 3.8) is 0 Å². The molecule has 2 aromatic rings. The van der Waals surface area contributed by atoms with E-state index in [9.17, 15) is 24.6 Å². The first-order valence-electron chi connectivity index (χ1n) is 11.0. The van der Waals surface area contributed by atoms with Crippen molar-refractivity contribution in [3.05, 3.63) is 53.1 Å². The van der Waals surface area contributed by atoms with Crippen molar-refractivity contribution in [2.24, 2.45) is 11.8 Å². The van der Waals surface area contributed by atoms with Gasteiger partial charge in [0.15, 0.2) is 11.5 Å². The fourth-order valence-electron chi connectivity index (χ4n) is 5.70. The van der Waals surface area contributed by atoms with E-state index in [1.54, 1.807) is 6.07 Å². The van der Waals surface area contributed by atoms with Gasteiger partial charge in [0.1, 0.15) is 5.54 Å². The van der Waals surface area contributed by atoms with Gasteiger partial charge in [-0.25, -0.2) is 0 Å². The van der Waals surface area contributed by atoms with Gasteiger partial charge in [-0.1, -0.05) is 23.8 Å². The number of amides is 3. The van der Waals surface area contributed by atoms with Gasteiger partial charge in [0.2, 0.25) is 17.7 Å². The molecular formula is C25H27N3O5. The number of carbonyl (C=O) groups is 3. The van der Waals surface area contributed by atoms with E-state index < -0.39 is 29.0 Å². The number of rotatable bonds is 2. The lowest BCUT2D eigenvalue weighted by molar-refractivity contribution is -0.147. The van der Waals surface area contributed by atoms with Gasteiger partial charge in [0, 0.05) is 22.8 Å². The Morgan fingerprint density at radius 1 is 1.00 bits per heavy atom. The van der Waals surface area contributed by atoms with Crippen LogP contribution in [0.5, 0.6) is 11.5 Å². The van der Waals surface area contributed by atoms with Gasteiger partial charge in [-0.2, -0.15) is 0 Å². The van der Waals surface area contributed by atoms with Crippen molar-refractivity contribution >= 4 is 23.4 Å². The highest BCUT2D eigenvalue weighted by atomic mass is 16.3. The number of imide groups is 1. The first-order chi connectivity index (χ1) is 15.4. The van der Waals surface area contributed by atoms with Crippen molar-refractivity contribution in [1.29, 1.82) is 0 Å². The van der Waals surface area contributed by atoms with Gasteiger partial charge >= 0.3 is 0 Å². The second-order valence-corrected chi connectivity index (χ2v) is 10.3. The van der Waals surface area contributed by atoms with Gasteiger partial charge in [0.05, 0.1) is 11.8 Å². The maximum absolute atomic E-state index is 13.8.